The van der Waals surface area contributed by atoms with Crippen LogP contribution in [0.4, 0.5) is 5.82 Å². The van der Waals surface area contributed by atoms with E-state index in [2.05, 4.69) is 32.1 Å². The molecular formula is C18H31IN8S. The average Bonchev–Trinajstić information content (AvgIpc) is 2.99. The zero-order valence-corrected chi connectivity index (χ0v) is 20.4. The Hall–Kier alpha value is -1.56. The zero-order chi connectivity index (χ0) is 19.6. The number of halogens is 1. The van der Waals surface area contributed by atoms with E-state index in [0.29, 0.717) is 13.1 Å². The summed E-state index contributed by atoms with van der Waals surface area (Å²) in [6.07, 6.45) is 3.20. The van der Waals surface area contributed by atoms with Crippen LogP contribution in [0.25, 0.3) is 0 Å². The van der Waals surface area contributed by atoms with Crippen molar-refractivity contribution >= 4 is 47.5 Å². The van der Waals surface area contributed by atoms with Crippen molar-refractivity contribution in [3.8, 4) is 0 Å². The molecule has 0 radical (unpaired) electrons. The predicted molar refractivity (Wildman–Crippen MR) is 129 cm³/mol. The van der Waals surface area contributed by atoms with Gasteiger partial charge in [-0.2, -0.15) is 11.8 Å². The highest BCUT2D eigenvalue weighted by atomic mass is 127. The first-order valence-electron chi connectivity index (χ1n) is 9.00. The summed E-state index contributed by atoms with van der Waals surface area (Å²) in [5, 5.41) is 15.0. The summed E-state index contributed by atoms with van der Waals surface area (Å²) in [6, 6.07) is 5.99. The summed E-state index contributed by atoms with van der Waals surface area (Å²) in [7, 11) is 5.93. The highest BCUT2D eigenvalue weighted by molar-refractivity contribution is 14.0. The van der Waals surface area contributed by atoms with Crippen molar-refractivity contribution in [1.82, 2.24) is 30.4 Å². The van der Waals surface area contributed by atoms with Crippen molar-refractivity contribution in [2.24, 2.45) is 12.0 Å². The first kappa shape index (κ1) is 24.5. The van der Waals surface area contributed by atoms with Gasteiger partial charge < -0.3 is 20.1 Å². The lowest BCUT2D eigenvalue weighted by Crippen LogP contribution is -2.38. The molecule has 28 heavy (non-hydrogen) atoms. The summed E-state index contributed by atoms with van der Waals surface area (Å²) in [6.45, 7) is 3.89. The van der Waals surface area contributed by atoms with Gasteiger partial charge >= 0.3 is 0 Å². The van der Waals surface area contributed by atoms with Crippen molar-refractivity contribution in [2.45, 2.75) is 26.4 Å². The second-order valence-electron chi connectivity index (χ2n) is 6.40. The summed E-state index contributed by atoms with van der Waals surface area (Å²) in [5.41, 5.74) is 0.931. The van der Waals surface area contributed by atoms with Gasteiger partial charge in [-0.05, 0) is 37.5 Å². The molecule has 0 saturated heterocycles. The minimum Gasteiger partial charge on any atom is -0.363 e. The SMILES string of the molecule is CSCCCNC(=NCc1cccc(N(C)C)n1)NCc1nnc(C)n1C.I. The fourth-order valence-corrected chi connectivity index (χ4v) is 2.76. The Morgan fingerprint density at radius 2 is 2.04 bits per heavy atom. The van der Waals surface area contributed by atoms with E-state index in [1.54, 1.807) is 0 Å². The Morgan fingerprint density at radius 1 is 1.25 bits per heavy atom. The number of hydrogen-bond donors (Lipinski definition) is 2. The molecule has 0 aliphatic rings. The molecule has 0 aliphatic heterocycles. The molecule has 0 aromatic carbocycles. The Bertz CT molecular complexity index is 747. The van der Waals surface area contributed by atoms with Gasteiger partial charge in [0.2, 0.25) is 0 Å². The number of rotatable bonds is 9. The van der Waals surface area contributed by atoms with Crippen molar-refractivity contribution in [1.29, 1.82) is 0 Å². The Labute approximate surface area is 189 Å². The second-order valence-corrected chi connectivity index (χ2v) is 7.38. The first-order valence-corrected chi connectivity index (χ1v) is 10.4. The number of hydrogen-bond acceptors (Lipinski definition) is 6. The van der Waals surface area contributed by atoms with Crippen LogP contribution in [-0.4, -0.2) is 58.4 Å². The molecule has 0 amide bonds. The third-order valence-corrected chi connectivity index (χ3v) is 4.76. The maximum atomic E-state index is 4.69. The highest BCUT2D eigenvalue weighted by Gasteiger charge is 2.07. The maximum absolute atomic E-state index is 4.69. The molecule has 8 nitrogen and oxygen atoms in total. The van der Waals surface area contributed by atoms with Gasteiger partial charge in [0.05, 0.1) is 18.8 Å². The molecule has 2 heterocycles. The summed E-state index contributed by atoms with van der Waals surface area (Å²) >= 11 is 1.85. The Kier molecular flexibility index (Phi) is 11.2. The smallest absolute Gasteiger partial charge is 0.192 e. The van der Waals surface area contributed by atoms with Crippen molar-refractivity contribution in [3.05, 3.63) is 35.5 Å². The van der Waals surface area contributed by atoms with E-state index in [9.17, 15) is 0 Å². The largest absolute Gasteiger partial charge is 0.363 e. The molecule has 0 atom stereocenters. The molecular weight excluding hydrogens is 487 g/mol. The molecule has 0 unspecified atom stereocenters. The van der Waals surface area contributed by atoms with Crippen LogP contribution in [0.1, 0.15) is 23.8 Å². The van der Waals surface area contributed by atoms with Crippen LogP contribution >= 0.6 is 35.7 Å². The minimum absolute atomic E-state index is 0. The molecule has 0 aliphatic carbocycles. The fraction of sp³-hybridized carbons (Fsp3) is 0.556. The monoisotopic (exact) mass is 518 g/mol. The van der Waals surface area contributed by atoms with E-state index < -0.39 is 0 Å². The Morgan fingerprint density at radius 3 is 2.68 bits per heavy atom. The predicted octanol–water partition coefficient (Wildman–Crippen LogP) is 2.19. The lowest BCUT2D eigenvalue weighted by atomic mass is 10.3. The summed E-state index contributed by atoms with van der Waals surface area (Å²) in [4.78, 5) is 11.3. The van der Waals surface area contributed by atoms with E-state index >= 15 is 0 Å². The van der Waals surface area contributed by atoms with E-state index in [0.717, 1.165) is 47.8 Å². The number of aryl methyl sites for hydroxylation is 1. The number of thioether (sulfide) groups is 1. The van der Waals surface area contributed by atoms with Gasteiger partial charge in [0.15, 0.2) is 11.8 Å². The summed E-state index contributed by atoms with van der Waals surface area (Å²) in [5.74, 6) is 4.57. The average molecular weight is 518 g/mol. The van der Waals surface area contributed by atoms with Crippen molar-refractivity contribution < 1.29 is 0 Å². The van der Waals surface area contributed by atoms with E-state index in [4.69, 9.17) is 4.99 Å². The minimum atomic E-state index is 0. The molecule has 0 saturated carbocycles. The molecule has 10 heteroatoms. The number of nitrogens with zero attached hydrogens (tertiary/aromatic N) is 6. The van der Waals surface area contributed by atoms with Crippen molar-refractivity contribution in [3.63, 3.8) is 0 Å². The molecule has 156 valence electrons. The number of aromatic nitrogens is 4. The van der Waals surface area contributed by atoms with Gasteiger partial charge in [0.1, 0.15) is 11.6 Å². The topological polar surface area (TPSA) is 83.3 Å². The molecule has 2 rings (SSSR count). The number of aliphatic imine (C=N–C) groups is 1. The van der Waals surface area contributed by atoms with E-state index in [-0.39, 0.29) is 24.0 Å². The van der Waals surface area contributed by atoms with Crippen LogP contribution in [0.3, 0.4) is 0 Å². The number of anilines is 1. The quantitative estimate of drug-likeness (QED) is 0.228. The van der Waals surface area contributed by atoms with Gasteiger partial charge in [-0.1, -0.05) is 6.07 Å². The normalized spacial score (nSPS) is 11.1. The Balaban J connectivity index is 0.00000392. The van der Waals surface area contributed by atoms with Gasteiger partial charge in [-0.25, -0.2) is 9.98 Å². The van der Waals surface area contributed by atoms with Crippen LogP contribution in [0.5, 0.6) is 0 Å². The summed E-state index contributed by atoms with van der Waals surface area (Å²) < 4.78 is 1.97. The molecule has 0 fully saturated rings. The lowest BCUT2D eigenvalue weighted by Gasteiger charge is -2.13. The third kappa shape index (κ3) is 7.82. The third-order valence-electron chi connectivity index (χ3n) is 4.06. The van der Waals surface area contributed by atoms with Crippen LogP contribution < -0.4 is 15.5 Å². The number of guanidine groups is 1. The standard InChI is InChI=1S/C18H30N8S.HI/c1-14-23-24-17(26(14)4)13-21-18(19-10-7-11-27-5)20-12-15-8-6-9-16(22-15)25(2)3;/h6,8-9H,7,10-13H2,1-5H3,(H2,19,20,21);1H. The van der Waals surface area contributed by atoms with Gasteiger partial charge in [-0.3, -0.25) is 0 Å². The van der Waals surface area contributed by atoms with E-state index in [1.165, 1.54) is 0 Å². The molecule has 2 aromatic heterocycles. The fourth-order valence-electron chi connectivity index (χ4n) is 2.33. The molecule has 0 bridgehead atoms. The highest BCUT2D eigenvalue weighted by Crippen LogP contribution is 2.08. The molecule has 2 aromatic rings. The van der Waals surface area contributed by atoms with Gasteiger partial charge in [-0.15, -0.1) is 34.2 Å². The lowest BCUT2D eigenvalue weighted by molar-refractivity contribution is 0.710. The van der Waals surface area contributed by atoms with Crippen LogP contribution in [-0.2, 0) is 20.1 Å². The maximum Gasteiger partial charge on any atom is 0.192 e. The number of nitrogens with one attached hydrogen (secondary N) is 2. The van der Waals surface area contributed by atoms with Crippen molar-refractivity contribution in [2.75, 3.05) is 37.5 Å². The number of pyridine rings is 1. The van der Waals surface area contributed by atoms with Crippen LogP contribution in [0.2, 0.25) is 0 Å². The first-order chi connectivity index (χ1) is 13.0. The second kappa shape index (κ2) is 12.8. The zero-order valence-electron chi connectivity index (χ0n) is 17.3. The van der Waals surface area contributed by atoms with E-state index in [1.807, 2.05) is 67.5 Å². The van der Waals surface area contributed by atoms with Gasteiger partial charge in [0.25, 0.3) is 0 Å². The molecule has 0 spiro atoms. The van der Waals surface area contributed by atoms with Crippen LogP contribution in [0.15, 0.2) is 23.2 Å². The van der Waals surface area contributed by atoms with Gasteiger partial charge in [0, 0.05) is 27.7 Å². The van der Waals surface area contributed by atoms with Crippen LogP contribution in [0, 0.1) is 6.92 Å². The molecule has 2 N–H and O–H groups in total.